The summed E-state index contributed by atoms with van der Waals surface area (Å²) in [5.74, 6) is 0.237. The summed E-state index contributed by atoms with van der Waals surface area (Å²) in [6.07, 6.45) is 5.70. The molecule has 0 N–H and O–H groups in total. The fourth-order valence-corrected chi connectivity index (χ4v) is 3.12. The Bertz CT molecular complexity index is 1050. The van der Waals surface area contributed by atoms with E-state index in [9.17, 15) is 22.8 Å². The Morgan fingerprint density at radius 1 is 1.25 bits per heavy atom. The molecule has 0 aromatic carbocycles. The van der Waals surface area contributed by atoms with Gasteiger partial charge in [0.05, 0.1) is 5.69 Å². The first-order valence-electron chi connectivity index (χ1n) is 8.63. The number of carbonyl (C=O) groups excluding carboxylic acids is 1. The van der Waals surface area contributed by atoms with Crippen molar-refractivity contribution < 1.29 is 18.0 Å². The summed E-state index contributed by atoms with van der Waals surface area (Å²) in [7, 11) is 0. The first kappa shape index (κ1) is 20.1. The summed E-state index contributed by atoms with van der Waals surface area (Å²) in [5, 5.41) is 0.554. The van der Waals surface area contributed by atoms with Gasteiger partial charge in [-0.1, -0.05) is 23.8 Å². The van der Waals surface area contributed by atoms with Gasteiger partial charge < -0.3 is 9.36 Å². The van der Waals surface area contributed by atoms with Gasteiger partial charge >= 0.3 is 6.18 Å². The first-order valence-corrected chi connectivity index (χ1v) is 9.01. The highest BCUT2D eigenvalue weighted by atomic mass is 35.5. The van der Waals surface area contributed by atoms with Crippen LogP contribution in [0.5, 0.6) is 0 Å². The maximum absolute atomic E-state index is 12.6. The Hall–Kier alpha value is -2.61. The molecule has 9 heteroatoms. The molecule has 1 aliphatic rings. The summed E-state index contributed by atoms with van der Waals surface area (Å²) in [5.41, 5.74) is 1.13. The highest BCUT2D eigenvalue weighted by Gasteiger charge is 2.26. The largest absolute Gasteiger partial charge is 0.389 e. The number of allylic oxidation sites excluding steroid dienone is 6. The fourth-order valence-electron chi connectivity index (χ4n) is 2.97. The predicted octanol–water partition coefficient (Wildman–Crippen LogP) is 4.05. The topological polar surface area (TPSA) is 56.4 Å². The van der Waals surface area contributed by atoms with Crippen molar-refractivity contribution in [3.05, 3.63) is 63.3 Å². The number of hydrogen-bond acceptors (Lipinski definition) is 3. The summed E-state index contributed by atoms with van der Waals surface area (Å²) < 4.78 is 40.3. The number of alkyl halides is 3. The molecule has 0 unspecified atom stereocenters. The standard InChI is InChI=1S/C19H17ClF3N3O2/c20-15-4-1-3-13(5-6-15)16-12-26-17(28)14(7-10-27)11-25(18(26)24-16)9-2-8-19(21,22)23/h1,4-6,10-12H,2-3,7-9H2. The Morgan fingerprint density at radius 3 is 2.75 bits per heavy atom. The van der Waals surface area contributed by atoms with Crippen LogP contribution < -0.4 is 5.56 Å². The molecule has 0 radical (unpaired) electrons. The molecule has 0 aliphatic heterocycles. The van der Waals surface area contributed by atoms with E-state index in [1.54, 1.807) is 24.4 Å². The molecule has 0 amide bonds. The third-order valence-corrected chi connectivity index (χ3v) is 4.55. The second-order valence-corrected chi connectivity index (χ2v) is 6.82. The van der Waals surface area contributed by atoms with Crippen molar-refractivity contribution in [2.45, 2.75) is 38.4 Å². The van der Waals surface area contributed by atoms with E-state index in [0.717, 1.165) is 5.57 Å². The molecule has 0 bridgehead atoms. The third-order valence-electron chi connectivity index (χ3n) is 4.30. The molecule has 2 aromatic heterocycles. The van der Waals surface area contributed by atoms with Crippen LogP contribution in [0, 0.1) is 0 Å². The van der Waals surface area contributed by atoms with Gasteiger partial charge in [0.2, 0.25) is 5.78 Å². The van der Waals surface area contributed by atoms with Gasteiger partial charge in [0.15, 0.2) is 0 Å². The quantitative estimate of drug-likeness (QED) is 0.674. The van der Waals surface area contributed by atoms with Gasteiger partial charge in [-0.05, 0) is 30.6 Å². The van der Waals surface area contributed by atoms with Crippen molar-refractivity contribution in [2.75, 3.05) is 0 Å². The number of aldehydes is 1. The number of aromatic nitrogens is 3. The second-order valence-electron chi connectivity index (χ2n) is 6.39. The third kappa shape index (κ3) is 4.62. The van der Waals surface area contributed by atoms with E-state index in [1.165, 1.54) is 15.2 Å². The van der Waals surface area contributed by atoms with Gasteiger partial charge in [-0.3, -0.25) is 9.20 Å². The van der Waals surface area contributed by atoms with Crippen molar-refractivity contribution in [3.8, 4) is 0 Å². The van der Waals surface area contributed by atoms with Crippen LogP contribution in [0.15, 0.2) is 46.5 Å². The molecule has 0 spiro atoms. The SMILES string of the molecule is O=CCc1cn(CCCC(F)(F)F)c2nc(C3=CC=C(Cl)C=CC3)cn2c1=O. The number of imidazole rings is 1. The van der Waals surface area contributed by atoms with Crippen molar-refractivity contribution in [3.63, 3.8) is 0 Å². The molecule has 0 fully saturated rings. The average Bonchev–Trinajstić information content (AvgIpc) is 2.95. The molecule has 148 valence electrons. The maximum atomic E-state index is 12.6. The number of hydrogen-bond donors (Lipinski definition) is 0. The van der Waals surface area contributed by atoms with Gasteiger partial charge in [-0.15, -0.1) is 0 Å². The molecule has 1 aliphatic carbocycles. The summed E-state index contributed by atoms with van der Waals surface area (Å²) >= 11 is 5.98. The Kier molecular flexibility index (Phi) is 5.88. The van der Waals surface area contributed by atoms with Crippen LogP contribution in [0.4, 0.5) is 13.2 Å². The minimum atomic E-state index is -4.26. The minimum Gasteiger partial charge on any atom is -0.318 e. The zero-order valence-electron chi connectivity index (χ0n) is 14.7. The van der Waals surface area contributed by atoms with Crippen LogP contribution in [0.2, 0.25) is 0 Å². The monoisotopic (exact) mass is 411 g/mol. The van der Waals surface area contributed by atoms with Crippen molar-refractivity contribution in [1.29, 1.82) is 0 Å². The van der Waals surface area contributed by atoms with Crippen LogP contribution in [0.3, 0.4) is 0 Å². The first-order chi connectivity index (χ1) is 13.3. The Morgan fingerprint density at radius 2 is 2.04 bits per heavy atom. The molecule has 3 rings (SSSR count). The van der Waals surface area contributed by atoms with Crippen molar-refractivity contribution in [2.24, 2.45) is 0 Å². The number of carbonyl (C=O) groups is 1. The summed E-state index contributed by atoms with van der Waals surface area (Å²) in [6, 6.07) is 0. The van der Waals surface area contributed by atoms with E-state index >= 15 is 0 Å². The van der Waals surface area contributed by atoms with Gasteiger partial charge in [0.1, 0.15) is 6.29 Å². The molecule has 2 heterocycles. The highest BCUT2D eigenvalue weighted by molar-refractivity contribution is 6.31. The van der Waals surface area contributed by atoms with Crippen molar-refractivity contribution >= 4 is 29.2 Å². The minimum absolute atomic E-state index is 0.0241. The van der Waals surface area contributed by atoms with Crippen LogP contribution in [-0.4, -0.2) is 26.4 Å². The van der Waals surface area contributed by atoms with E-state index in [1.807, 2.05) is 6.08 Å². The van der Waals surface area contributed by atoms with Gasteiger partial charge in [-0.25, -0.2) is 4.98 Å². The number of fused-ring (bicyclic) bond motifs is 1. The lowest BCUT2D eigenvalue weighted by Gasteiger charge is -2.11. The molecule has 28 heavy (non-hydrogen) atoms. The molecule has 2 aromatic rings. The molecular weight excluding hydrogens is 395 g/mol. The predicted molar refractivity (Wildman–Crippen MR) is 100 cm³/mol. The van der Waals surface area contributed by atoms with E-state index in [-0.39, 0.29) is 30.7 Å². The molecule has 0 saturated carbocycles. The molecular formula is C19H17ClF3N3O2. The number of halogens is 4. The fraction of sp³-hybridized carbons (Fsp3) is 0.316. The van der Waals surface area contributed by atoms with E-state index in [2.05, 4.69) is 4.98 Å². The number of nitrogens with zero attached hydrogens (tertiary/aromatic N) is 3. The number of aryl methyl sites for hydroxylation is 1. The van der Waals surface area contributed by atoms with E-state index in [0.29, 0.717) is 23.4 Å². The second kappa shape index (κ2) is 8.18. The van der Waals surface area contributed by atoms with Crippen LogP contribution in [0.1, 0.15) is 30.5 Å². The van der Waals surface area contributed by atoms with Gasteiger partial charge in [0.25, 0.3) is 5.56 Å². The number of rotatable bonds is 6. The molecule has 5 nitrogen and oxygen atoms in total. The summed E-state index contributed by atoms with van der Waals surface area (Å²) in [4.78, 5) is 28.0. The van der Waals surface area contributed by atoms with Crippen LogP contribution >= 0.6 is 11.6 Å². The Balaban J connectivity index is 2.05. The smallest absolute Gasteiger partial charge is 0.318 e. The normalized spacial score (nSPS) is 14.7. The zero-order chi connectivity index (χ0) is 20.3. The van der Waals surface area contributed by atoms with Gasteiger partial charge in [0, 0.05) is 42.4 Å². The van der Waals surface area contributed by atoms with Gasteiger partial charge in [-0.2, -0.15) is 13.2 Å². The lowest BCUT2D eigenvalue weighted by molar-refractivity contribution is -0.135. The van der Waals surface area contributed by atoms with E-state index in [4.69, 9.17) is 11.6 Å². The highest BCUT2D eigenvalue weighted by Crippen LogP contribution is 2.24. The van der Waals surface area contributed by atoms with Crippen molar-refractivity contribution in [1.82, 2.24) is 14.0 Å². The zero-order valence-corrected chi connectivity index (χ0v) is 15.5. The Labute approximate surface area is 163 Å². The maximum Gasteiger partial charge on any atom is 0.389 e. The molecule has 0 saturated heterocycles. The van der Waals surface area contributed by atoms with Crippen LogP contribution in [-0.2, 0) is 17.8 Å². The molecule has 0 atom stereocenters. The lowest BCUT2D eigenvalue weighted by atomic mass is 10.1. The lowest BCUT2D eigenvalue weighted by Crippen LogP contribution is -2.22. The average molecular weight is 412 g/mol. The van der Waals surface area contributed by atoms with Crippen LogP contribution in [0.25, 0.3) is 11.4 Å². The summed E-state index contributed by atoms with van der Waals surface area (Å²) in [6.45, 7) is 0.0241. The van der Waals surface area contributed by atoms with E-state index < -0.39 is 18.2 Å².